The summed E-state index contributed by atoms with van der Waals surface area (Å²) >= 11 is 0. The fraction of sp³-hybridized carbons (Fsp3) is 0.167. The molecule has 4 rings (SSSR count). The van der Waals surface area contributed by atoms with Crippen molar-refractivity contribution in [1.29, 1.82) is 0 Å². The maximum atomic E-state index is 12.7. The predicted octanol–water partition coefficient (Wildman–Crippen LogP) is 1.75. The van der Waals surface area contributed by atoms with Gasteiger partial charge in [0.15, 0.2) is 0 Å². The molecule has 3 heterocycles. The van der Waals surface area contributed by atoms with Crippen LogP contribution in [-0.4, -0.2) is 26.8 Å². The van der Waals surface area contributed by atoms with Crippen LogP contribution in [0.15, 0.2) is 46.4 Å². The van der Waals surface area contributed by atoms with Crippen LogP contribution in [-0.2, 0) is 13.0 Å². The second-order valence-corrected chi connectivity index (χ2v) is 5.92. The number of hydrogen-bond donors (Lipinski definition) is 3. The Hall–Kier alpha value is -3.35. The number of aromatic nitrogens is 2. The van der Waals surface area contributed by atoms with E-state index in [1.807, 2.05) is 12.1 Å². The molecule has 0 spiro atoms. The Morgan fingerprint density at radius 1 is 1.32 bits per heavy atom. The first-order chi connectivity index (χ1) is 12.2. The molecule has 1 aromatic carbocycles. The van der Waals surface area contributed by atoms with Crippen LogP contribution in [0.1, 0.15) is 28.0 Å². The number of carbonyl (C=O) groups excluding carboxylic acids is 1. The number of benzene rings is 1. The summed E-state index contributed by atoms with van der Waals surface area (Å²) in [4.78, 5) is 28.1. The lowest BCUT2D eigenvalue weighted by molar-refractivity contribution is 0.0950. The molecule has 2 aromatic heterocycles. The van der Waals surface area contributed by atoms with Crippen molar-refractivity contribution in [2.24, 2.45) is 5.10 Å². The molecule has 0 bridgehead atoms. The van der Waals surface area contributed by atoms with Gasteiger partial charge in [-0.15, -0.1) is 0 Å². The highest BCUT2D eigenvalue weighted by Crippen LogP contribution is 2.31. The molecular weight excluding hydrogens is 320 g/mol. The first kappa shape index (κ1) is 15.2. The highest BCUT2D eigenvalue weighted by Gasteiger charge is 2.24. The Morgan fingerprint density at radius 2 is 2.20 bits per heavy atom. The third-order valence-electron chi connectivity index (χ3n) is 4.39. The van der Waals surface area contributed by atoms with Gasteiger partial charge in [-0.25, -0.2) is 5.43 Å². The molecule has 0 saturated heterocycles. The summed E-state index contributed by atoms with van der Waals surface area (Å²) in [6, 6.07) is 9.06. The third-order valence-corrected chi connectivity index (χ3v) is 4.39. The van der Waals surface area contributed by atoms with Gasteiger partial charge in [0.25, 0.3) is 11.5 Å². The highest BCUT2D eigenvalue weighted by atomic mass is 16.3. The van der Waals surface area contributed by atoms with Gasteiger partial charge in [-0.05, 0) is 36.6 Å². The van der Waals surface area contributed by atoms with Crippen LogP contribution in [0.2, 0.25) is 0 Å². The van der Waals surface area contributed by atoms with E-state index < -0.39 is 11.5 Å². The van der Waals surface area contributed by atoms with E-state index in [2.05, 4.69) is 15.5 Å². The molecule has 0 aliphatic carbocycles. The van der Waals surface area contributed by atoms with Crippen LogP contribution >= 0.6 is 0 Å². The standard InChI is InChI=1S/C18H16N4O3/c23-16-13-7-1-4-11-5-3-9-22(15(11)13)18(25)14(16)17(24)21-20-10-12-6-2-8-19-12/h1-2,4,6-8,10,19,23H,3,5,9H2,(H,21,24). The minimum absolute atomic E-state index is 0.282. The molecule has 7 nitrogen and oxygen atoms in total. The number of rotatable bonds is 3. The molecule has 1 aliphatic heterocycles. The van der Waals surface area contributed by atoms with Gasteiger partial charge in [0, 0.05) is 18.1 Å². The highest BCUT2D eigenvalue weighted by molar-refractivity contribution is 6.03. The molecule has 25 heavy (non-hydrogen) atoms. The summed E-state index contributed by atoms with van der Waals surface area (Å²) in [6.07, 6.45) is 4.83. The summed E-state index contributed by atoms with van der Waals surface area (Å²) in [5.41, 5.74) is 3.95. The molecular formula is C18H16N4O3. The molecule has 3 aromatic rings. The van der Waals surface area contributed by atoms with Gasteiger partial charge in [0.1, 0.15) is 11.3 Å². The summed E-state index contributed by atoms with van der Waals surface area (Å²) in [7, 11) is 0. The summed E-state index contributed by atoms with van der Waals surface area (Å²) < 4.78 is 1.57. The molecule has 0 saturated carbocycles. The number of hydrogen-bond acceptors (Lipinski definition) is 4. The molecule has 0 atom stereocenters. The number of amides is 1. The number of hydrazone groups is 1. The SMILES string of the molecule is O=C(NN=Cc1ccc[nH]1)c1c(O)c2cccc3c2n(c1=O)CCC3. The lowest BCUT2D eigenvalue weighted by Gasteiger charge is -2.21. The van der Waals surface area contributed by atoms with E-state index >= 15 is 0 Å². The Morgan fingerprint density at radius 3 is 3.00 bits per heavy atom. The predicted molar refractivity (Wildman–Crippen MR) is 94.0 cm³/mol. The largest absolute Gasteiger partial charge is 0.506 e. The monoisotopic (exact) mass is 336 g/mol. The molecule has 7 heteroatoms. The van der Waals surface area contributed by atoms with E-state index in [0.717, 1.165) is 18.4 Å². The second kappa shape index (κ2) is 5.94. The number of para-hydroxylation sites is 1. The summed E-state index contributed by atoms with van der Waals surface area (Å²) in [5.74, 6) is -1.03. The van der Waals surface area contributed by atoms with Crippen molar-refractivity contribution in [3.63, 3.8) is 0 Å². The Bertz CT molecular complexity index is 1050. The van der Waals surface area contributed by atoms with Crippen LogP contribution < -0.4 is 11.0 Å². The van der Waals surface area contributed by atoms with E-state index in [-0.39, 0.29) is 11.3 Å². The van der Waals surface area contributed by atoms with Crippen molar-refractivity contribution in [1.82, 2.24) is 15.0 Å². The van der Waals surface area contributed by atoms with Gasteiger partial charge < -0.3 is 14.7 Å². The zero-order valence-corrected chi connectivity index (χ0v) is 13.3. The number of carbonyl (C=O) groups is 1. The van der Waals surface area contributed by atoms with Gasteiger partial charge in [0.2, 0.25) is 0 Å². The van der Waals surface area contributed by atoms with Crippen molar-refractivity contribution in [2.45, 2.75) is 19.4 Å². The summed E-state index contributed by atoms with van der Waals surface area (Å²) in [6.45, 7) is 0.526. The molecule has 0 unspecified atom stereocenters. The normalized spacial score (nSPS) is 13.4. The number of pyridine rings is 1. The van der Waals surface area contributed by atoms with Gasteiger partial charge in [-0.2, -0.15) is 5.10 Å². The molecule has 126 valence electrons. The van der Waals surface area contributed by atoms with Crippen molar-refractivity contribution >= 4 is 23.0 Å². The van der Waals surface area contributed by atoms with Crippen molar-refractivity contribution in [3.8, 4) is 5.75 Å². The quantitative estimate of drug-likeness (QED) is 0.502. The lowest BCUT2D eigenvalue weighted by Crippen LogP contribution is -2.33. The number of aromatic amines is 1. The Balaban J connectivity index is 1.77. The van der Waals surface area contributed by atoms with E-state index in [4.69, 9.17) is 0 Å². The van der Waals surface area contributed by atoms with E-state index in [9.17, 15) is 14.7 Å². The maximum absolute atomic E-state index is 12.7. The van der Waals surface area contributed by atoms with Gasteiger partial charge in [-0.3, -0.25) is 9.59 Å². The minimum atomic E-state index is -0.730. The average Bonchev–Trinajstić information content (AvgIpc) is 3.13. The van der Waals surface area contributed by atoms with Gasteiger partial charge in [0.05, 0.1) is 17.4 Å². The fourth-order valence-electron chi connectivity index (χ4n) is 3.26. The average molecular weight is 336 g/mol. The van der Waals surface area contributed by atoms with Crippen LogP contribution in [0, 0.1) is 0 Å². The lowest BCUT2D eigenvalue weighted by atomic mass is 9.99. The first-order valence-electron chi connectivity index (χ1n) is 8.01. The smallest absolute Gasteiger partial charge is 0.280 e. The number of nitrogens with zero attached hydrogens (tertiary/aromatic N) is 2. The van der Waals surface area contributed by atoms with E-state index in [0.29, 0.717) is 23.1 Å². The Kier molecular flexibility index (Phi) is 3.61. The van der Waals surface area contributed by atoms with Crippen molar-refractivity contribution in [3.05, 3.63) is 63.7 Å². The van der Waals surface area contributed by atoms with E-state index in [1.165, 1.54) is 6.21 Å². The number of H-pyrrole nitrogens is 1. The zero-order valence-electron chi connectivity index (χ0n) is 13.3. The van der Waals surface area contributed by atoms with Crippen LogP contribution in [0.3, 0.4) is 0 Å². The van der Waals surface area contributed by atoms with Gasteiger partial charge in [-0.1, -0.05) is 12.1 Å². The molecule has 1 aliphatic rings. The van der Waals surface area contributed by atoms with Crippen molar-refractivity contribution in [2.75, 3.05) is 0 Å². The molecule has 3 N–H and O–H groups in total. The molecule has 0 radical (unpaired) electrons. The zero-order chi connectivity index (χ0) is 17.4. The van der Waals surface area contributed by atoms with Crippen LogP contribution in [0.5, 0.6) is 5.75 Å². The minimum Gasteiger partial charge on any atom is -0.506 e. The first-order valence-corrected chi connectivity index (χ1v) is 8.01. The Labute approximate surface area is 142 Å². The number of aryl methyl sites for hydroxylation is 2. The topological polar surface area (TPSA) is 99.5 Å². The summed E-state index contributed by atoms with van der Waals surface area (Å²) in [5, 5.41) is 14.9. The van der Waals surface area contributed by atoms with E-state index in [1.54, 1.807) is 29.0 Å². The maximum Gasteiger partial charge on any atom is 0.280 e. The number of aromatic hydroxyl groups is 1. The third kappa shape index (κ3) is 2.50. The van der Waals surface area contributed by atoms with Crippen LogP contribution in [0.25, 0.3) is 10.9 Å². The van der Waals surface area contributed by atoms with Gasteiger partial charge >= 0.3 is 0 Å². The second-order valence-electron chi connectivity index (χ2n) is 5.92. The van der Waals surface area contributed by atoms with Crippen LogP contribution in [0.4, 0.5) is 0 Å². The molecule has 1 amide bonds. The van der Waals surface area contributed by atoms with Crippen molar-refractivity contribution < 1.29 is 9.90 Å². The fourth-order valence-corrected chi connectivity index (χ4v) is 3.26. The number of nitrogens with one attached hydrogen (secondary N) is 2. The molecule has 0 fully saturated rings.